The molecule has 4 rings (SSSR count). The Hall–Kier alpha value is -3.44. The molecular formula is C21H14ClN3O2. The number of amides is 1. The molecule has 0 aliphatic carbocycles. The number of aromatic nitrogens is 2. The molecule has 1 N–H and O–H groups in total. The lowest BCUT2D eigenvalue weighted by Crippen LogP contribution is -2.08. The first-order valence-electron chi connectivity index (χ1n) is 8.24. The third-order valence-corrected chi connectivity index (χ3v) is 4.22. The van der Waals surface area contributed by atoms with Gasteiger partial charge in [0.25, 0.3) is 0 Å². The number of carbonyl (C=O) groups is 1. The van der Waals surface area contributed by atoms with Gasteiger partial charge in [-0.15, -0.1) is 0 Å². The van der Waals surface area contributed by atoms with Crippen LogP contribution in [0.25, 0.3) is 28.6 Å². The Morgan fingerprint density at radius 2 is 1.96 bits per heavy atom. The lowest BCUT2D eigenvalue weighted by molar-refractivity contribution is -0.111. The zero-order valence-corrected chi connectivity index (χ0v) is 14.9. The molecule has 5 nitrogen and oxygen atoms in total. The number of halogens is 1. The maximum absolute atomic E-state index is 12.2. The predicted octanol–water partition coefficient (Wildman–Crippen LogP) is 5.20. The number of hydrogen-bond acceptors (Lipinski definition) is 4. The molecule has 0 fully saturated rings. The van der Waals surface area contributed by atoms with Crippen molar-refractivity contribution >= 4 is 40.4 Å². The van der Waals surface area contributed by atoms with Crippen LogP contribution in [0.3, 0.4) is 0 Å². The largest absolute Gasteiger partial charge is 0.436 e. The van der Waals surface area contributed by atoms with Crippen molar-refractivity contribution in [1.82, 2.24) is 9.97 Å². The van der Waals surface area contributed by atoms with Crippen LogP contribution in [0.2, 0.25) is 5.02 Å². The van der Waals surface area contributed by atoms with Crippen LogP contribution >= 0.6 is 11.6 Å². The summed E-state index contributed by atoms with van der Waals surface area (Å²) in [6.45, 7) is 0. The first kappa shape index (κ1) is 17.0. The molecule has 4 aromatic rings. The van der Waals surface area contributed by atoms with E-state index in [0.717, 1.165) is 5.56 Å². The summed E-state index contributed by atoms with van der Waals surface area (Å²) in [4.78, 5) is 20.7. The first-order chi connectivity index (χ1) is 13.2. The highest BCUT2D eigenvalue weighted by Crippen LogP contribution is 2.30. The third kappa shape index (κ3) is 3.88. The maximum atomic E-state index is 12.2. The van der Waals surface area contributed by atoms with Gasteiger partial charge >= 0.3 is 0 Å². The van der Waals surface area contributed by atoms with E-state index in [1.807, 2.05) is 30.3 Å². The average Bonchev–Trinajstić information content (AvgIpc) is 3.13. The van der Waals surface area contributed by atoms with E-state index in [0.29, 0.717) is 33.3 Å². The van der Waals surface area contributed by atoms with Crippen molar-refractivity contribution in [2.24, 2.45) is 0 Å². The highest BCUT2D eigenvalue weighted by atomic mass is 35.5. The van der Waals surface area contributed by atoms with Crippen molar-refractivity contribution in [2.75, 3.05) is 5.32 Å². The number of carbonyl (C=O) groups excluding carboxylic acids is 1. The highest BCUT2D eigenvalue weighted by Gasteiger charge is 2.11. The summed E-state index contributed by atoms with van der Waals surface area (Å²) in [5, 5.41) is 3.21. The smallest absolute Gasteiger partial charge is 0.248 e. The third-order valence-electron chi connectivity index (χ3n) is 3.89. The number of benzene rings is 2. The van der Waals surface area contributed by atoms with Crippen LogP contribution in [0.15, 0.2) is 77.5 Å². The monoisotopic (exact) mass is 375 g/mol. The SMILES string of the molecule is O=C(C=Cc1ccccc1)Nc1cc(-c2nc3cnccc3o2)ccc1Cl. The zero-order chi connectivity index (χ0) is 18.6. The number of anilines is 1. The van der Waals surface area contributed by atoms with Gasteiger partial charge in [-0.25, -0.2) is 4.98 Å². The molecule has 0 aliphatic heterocycles. The second kappa shape index (κ2) is 7.43. The average molecular weight is 376 g/mol. The van der Waals surface area contributed by atoms with Crippen molar-refractivity contribution in [3.8, 4) is 11.5 Å². The molecule has 0 spiro atoms. The Kier molecular flexibility index (Phi) is 4.68. The fourth-order valence-corrected chi connectivity index (χ4v) is 2.73. The minimum absolute atomic E-state index is 0.278. The molecule has 6 heteroatoms. The number of nitrogens with zero attached hydrogens (tertiary/aromatic N) is 2. The molecule has 2 aromatic carbocycles. The van der Waals surface area contributed by atoms with Crippen LogP contribution < -0.4 is 5.32 Å². The van der Waals surface area contributed by atoms with Crippen LogP contribution in [0, 0.1) is 0 Å². The topological polar surface area (TPSA) is 68.0 Å². The van der Waals surface area contributed by atoms with Crippen LogP contribution in [-0.4, -0.2) is 15.9 Å². The van der Waals surface area contributed by atoms with Crippen molar-refractivity contribution in [3.63, 3.8) is 0 Å². The van der Waals surface area contributed by atoms with Gasteiger partial charge in [-0.05, 0) is 29.8 Å². The Morgan fingerprint density at radius 3 is 2.78 bits per heavy atom. The Balaban J connectivity index is 1.57. The van der Waals surface area contributed by atoms with Crippen molar-refractivity contribution in [1.29, 1.82) is 0 Å². The number of pyridine rings is 1. The molecule has 0 aliphatic rings. The van der Waals surface area contributed by atoms with Crippen molar-refractivity contribution < 1.29 is 9.21 Å². The molecule has 0 saturated heterocycles. The molecule has 2 aromatic heterocycles. The van der Waals surface area contributed by atoms with E-state index in [1.54, 1.807) is 42.7 Å². The molecule has 0 bridgehead atoms. The predicted molar refractivity (Wildman–Crippen MR) is 106 cm³/mol. The minimum Gasteiger partial charge on any atom is -0.436 e. The van der Waals surface area contributed by atoms with Crippen LogP contribution in [0.1, 0.15) is 5.56 Å². The zero-order valence-electron chi connectivity index (χ0n) is 14.1. The molecule has 27 heavy (non-hydrogen) atoms. The highest BCUT2D eigenvalue weighted by molar-refractivity contribution is 6.34. The maximum Gasteiger partial charge on any atom is 0.248 e. The van der Waals surface area contributed by atoms with E-state index in [1.165, 1.54) is 6.08 Å². The number of fused-ring (bicyclic) bond motifs is 1. The van der Waals surface area contributed by atoms with E-state index in [4.69, 9.17) is 16.0 Å². The Morgan fingerprint density at radius 1 is 1.11 bits per heavy atom. The van der Waals surface area contributed by atoms with Gasteiger partial charge in [0.2, 0.25) is 11.8 Å². The van der Waals surface area contributed by atoms with E-state index in [2.05, 4.69) is 15.3 Å². The summed E-state index contributed by atoms with van der Waals surface area (Å²) < 4.78 is 5.74. The lowest BCUT2D eigenvalue weighted by Gasteiger charge is -2.06. The first-order valence-corrected chi connectivity index (χ1v) is 8.61. The molecule has 1 amide bonds. The van der Waals surface area contributed by atoms with E-state index in [-0.39, 0.29) is 5.91 Å². The molecule has 0 saturated carbocycles. The van der Waals surface area contributed by atoms with Gasteiger partial charge in [-0.2, -0.15) is 0 Å². The van der Waals surface area contributed by atoms with Gasteiger partial charge in [-0.3, -0.25) is 9.78 Å². The fraction of sp³-hybridized carbons (Fsp3) is 0. The minimum atomic E-state index is -0.278. The summed E-state index contributed by atoms with van der Waals surface area (Å²) in [5.41, 5.74) is 3.44. The second-order valence-electron chi connectivity index (χ2n) is 5.79. The number of hydrogen-bond donors (Lipinski definition) is 1. The molecule has 0 atom stereocenters. The number of oxazole rings is 1. The Bertz CT molecular complexity index is 1100. The van der Waals surface area contributed by atoms with Crippen LogP contribution in [-0.2, 0) is 4.79 Å². The fourth-order valence-electron chi connectivity index (χ4n) is 2.57. The summed E-state index contributed by atoms with van der Waals surface area (Å²) >= 11 is 6.22. The number of rotatable bonds is 4. The van der Waals surface area contributed by atoms with Gasteiger partial charge in [0.15, 0.2) is 5.58 Å². The van der Waals surface area contributed by atoms with E-state index < -0.39 is 0 Å². The van der Waals surface area contributed by atoms with Crippen molar-refractivity contribution in [2.45, 2.75) is 0 Å². The summed E-state index contributed by atoms with van der Waals surface area (Å²) in [6, 6.07) is 16.5. The molecule has 0 unspecified atom stereocenters. The van der Waals surface area contributed by atoms with E-state index in [9.17, 15) is 4.79 Å². The second-order valence-corrected chi connectivity index (χ2v) is 6.20. The van der Waals surface area contributed by atoms with Gasteiger partial charge in [0.1, 0.15) is 5.52 Å². The molecule has 132 valence electrons. The summed E-state index contributed by atoms with van der Waals surface area (Å²) in [5.74, 6) is 0.157. The van der Waals surface area contributed by atoms with Crippen LogP contribution in [0.5, 0.6) is 0 Å². The molecule has 2 heterocycles. The molecule has 0 radical (unpaired) electrons. The number of nitrogens with one attached hydrogen (secondary N) is 1. The quantitative estimate of drug-likeness (QED) is 0.498. The van der Waals surface area contributed by atoms with Crippen LogP contribution in [0.4, 0.5) is 5.69 Å². The lowest BCUT2D eigenvalue weighted by atomic mass is 10.2. The Labute approximate surface area is 160 Å². The molecular weight excluding hydrogens is 362 g/mol. The van der Waals surface area contributed by atoms with Gasteiger partial charge < -0.3 is 9.73 Å². The van der Waals surface area contributed by atoms with Gasteiger partial charge in [0, 0.05) is 23.9 Å². The normalized spacial score (nSPS) is 11.1. The summed E-state index contributed by atoms with van der Waals surface area (Å²) in [6.07, 6.45) is 6.48. The standard InChI is InChI=1S/C21H14ClN3O2/c22-16-8-7-15(21-25-18-13-23-11-10-19(18)27-21)12-17(16)24-20(26)9-6-14-4-2-1-3-5-14/h1-13H,(H,24,26). The van der Waals surface area contributed by atoms with Gasteiger partial charge in [0.05, 0.1) is 16.9 Å². The van der Waals surface area contributed by atoms with E-state index >= 15 is 0 Å². The van der Waals surface area contributed by atoms with Gasteiger partial charge in [-0.1, -0.05) is 41.9 Å². The van der Waals surface area contributed by atoms with Crippen molar-refractivity contribution in [3.05, 3.63) is 83.7 Å². The summed E-state index contributed by atoms with van der Waals surface area (Å²) in [7, 11) is 0.